The average Bonchev–Trinajstić information content (AvgIpc) is 3.76. The van der Waals surface area contributed by atoms with Gasteiger partial charge in [-0.2, -0.15) is 0 Å². The molecule has 1 aliphatic carbocycles. The van der Waals surface area contributed by atoms with E-state index in [0.717, 1.165) is 69.8 Å². The van der Waals surface area contributed by atoms with Crippen LogP contribution in [0.25, 0.3) is 0 Å². The molecule has 0 radical (unpaired) electrons. The lowest BCUT2D eigenvalue weighted by Gasteiger charge is -2.31. The summed E-state index contributed by atoms with van der Waals surface area (Å²) in [5.41, 5.74) is -2.98. The van der Waals surface area contributed by atoms with E-state index in [-0.39, 0.29) is 69.8 Å². The van der Waals surface area contributed by atoms with Crippen molar-refractivity contribution >= 4 is 0 Å². The molecule has 2 rings (SSSR count). The second-order valence-corrected chi connectivity index (χ2v) is 24.3. The van der Waals surface area contributed by atoms with Gasteiger partial charge < -0.3 is 107 Å². The van der Waals surface area contributed by atoms with Crippen LogP contribution in [0.2, 0.25) is 0 Å². The first kappa shape index (κ1) is 96.5. The van der Waals surface area contributed by atoms with Crippen LogP contribution in [-0.2, 0) is 11.3 Å². The van der Waals surface area contributed by atoms with Crippen molar-refractivity contribution in [3.05, 3.63) is 35.9 Å². The molecule has 1 atom stereocenters. The minimum Gasteiger partial charge on any atom is -0.396 e. The van der Waals surface area contributed by atoms with E-state index in [4.69, 9.17) is 107 Å². The summed E-state index contributed by atoms with van der Waals surface area (Å²) >= 11 is 0. The van der Waals surface area contributed by atoms with Crippen molar-refractivity contribution in [1.29, 1.82) is 0 Å². The van der Waals surface area contributed by atoms with Crippen LogP contribution in [0.3, 0.4) is 0 Å². The Morgan fingerprint density at radius 1 is 0.402 bits per heavy atom. The standard InChI is InChI=1S/2C12H26O2.C10H22O7.C9H20O2.C7H8O.C6H12O.C5H12O4.C5H12O2/c1-2-3-4-5-6-7-8-9-10-12(14)11-13;13-11-9-7-5-3-1-2-4-6-8-10-12-14;11-1-9(2-12,3-13)7-17-8-10(4-14,5-15)6-16;1-3-5-6-9(4-2,7-10)8-11;8-6-7-4-2-1-3-5-7;7-6-4-2-1-3-5-6;6-1-5(2-7,3-8)4-9;1-5(2,3-6)4-7/h12-14H,2-11H2,1H3;13-14H,1-12H2;11-16H,1-8H2;10-11H,3-8H2,1-2H3;1-5,8H,6H2;6-7H,1-5H2;6-9H,1-4H2;6-7H,3-4H2,1-2H3. The Bertz CT molecular complexity index is 1320. The van der Waals surface area contributed by atoms with Crippen LogP contribution < -0.4 is 0 Å². The average molecular weight is 1270 g/mol. The van der Waals surface area contributed by atoms with E-state index < -0.39 is 88.4 Å². The number of benzene rings is 1. The highest BCUT2D eigenvalue weighted by Crippen LogP contribution is 2.27. The zero-order valence-corrected chi connectivity index (χ0v) is 55.3. The fraction of sp³-hybridized carbons (Fsp3) is 0.909. The summed E-state index contributed by atoms with van der Waals surface area (Å²) in [7, 11) is 0. The van der Waals surface area contributed by atoms with Gasteiger partial charge in [0.15, 0.2) is 0 Å². The fourth-order valence-corrected chi connectivity index (χ4v) is 7.48. The van der Waals surface area contributed by atoms with Crippen molar-refractivity contribution in [2.45, 2.75) is 233 Å². The van der Waals surface area contributed by atoms with Crippen LogP contribution in [0, 0.1) is 27.1 Å². The molecule has 0 amide bonds. The van der Waals surface area contributed by atoms with Gasteiger partial charge >= 0.3 is 0 Å². The number of ether oxygens (including phenoxy) is 1. The van der Waals surface area contributed by atoms with E-state index in [1.165, 1.54) is 116 Å². The first-order valence-corrected chi connectivity index (χ1v) is 32.7. The highest BCUT2D eigenvalue weighted by Gasteiger charge is 2.33. The molecule has 21 heteroatoms. The molecule has 0 heterocycles. The third-order valence-corrected chi connectivity index (χ3v) is 15.3. The van der Waals surface area contributed by atoms with Gasteiger partial charge in [-0.15, -0.1) is 0 Å². The number of aliphatic hydroxyl groups excluding tert-OH is 20. The smallest absolute Gasteiger partial charge is 0.0770 e. The number of hydrogen-bond donors (Lipinski definition) is 20. The molecule has 0 aliphatic heterocycles. The highest BCUT2D eigenvalue weighted by atomic mass is 16.5. The minimum absolute atomic E-state index is 0.0359. The number of hydrogen-bond acceptors (Lipinski definition) is 21. The summed E-state index contributed by atoms with van der Waals surface area (Å²) in [5.74, 6) is 0. The third kappa shape index (κ3) is 60.4. The highest BCUT2D eigenvalue weighted by molar-refractivity contribution is 5.13. The Labute approximate surface area is 526 Å². The maximum Gasteiger partial charge on any atom is 0.0770 e. The number of rotatable bonds is 44. The molecule has 0 aromatic heterocycles. The Hall–Kier alpha value is -1.62. The van der Waals surface area contributed by atoms with E-state index in [1.807, 2.05) is 37.3 Å². The van der Waals surface area contributed by atoms with Crippen molar-refractivity contribution in [2.24, 2.45) is 27.1 Å². The van der Waals surface area contributed by atoms with Gasteiger partial charge in [-0.1, -0.05) is 200 Å². The SMILES string of the molecule is CC(C)(CO)CO.CCCCC(CC)(CO)CO.CCCCCCCCCCC(O)CO.OC1CCCCC1.OCC(CO)(CO)CO.OCC(CO)(CO)COCC(CO)(CO)CO.OCCCCCCCCCCCCO.OCc1ccccc1. The molecule has 1 fully saturated rings. The minimum atomic E-state index is -1.16. The second-order valence-electron chi connectivity index (χ2n) is 24.3. The van der Waals surface area contributed by atoms with Gasteiger partial charge in [0.05, 0.1) is 147 Å². The third-order valence-electron chi connectivity index (χ3n) is 15.3. The van der Waals surface area contributed by atoms with E-state index in [9.17, 15) is 0 Å². The summed E-state index contributed by atoms with van der Waals surface area (Å²) in [6, 6.07) is 9.52. The lowest BCUT2D eigenvalue weighted by atomic mass is 9.82. The second kappa shape index (κ2) is 70.3. The van der Waals surface area contributed by atoms with Crippen molar-refractivity contribution in [2.75, 3.05) is 126 Å². The first-order valence-electron chi connectivity index (χ1n) is 32.7. The van der Waals surface area contributed by atoms with E-state index in [0.29, 0.717) is 13.2 Å². The first-order chi connectivity index (χ1) is 41.7. The number of aliphatic hydroxyl groups is 20. The lowest BCUT2D eigenvalue weighted by molar-refractivity contribution is -0.103. The molecule has 1 unspecified atom stereocenters. The monoisotopic (exact) mass is 1270 g/mol. The van der Waals surface area contributed by atoms with Crippen LogP contribution >= 0.6 is 0 Å². The van der Waals surface area contributed by atoms with Crippen LogP contribution in [0.15, 0.2) is 30.3 Å². The van der Waals surface area contributed by atoms with Crippen LogP contribution in [0.4, 0.5) is 0 Å². The van der Waals surface area contributed by atoms with Gasteiger partial charge in [0.2, 0.25) is 0 Å². The predicted octanol–water partition coefficient (Wildman–Crippen LogP) is 4.66. The molecule has 20 N–H and O–H groups in total. The van der Waals surface area contributed by atoms with Crippen LogP contribution in [0.1, 0.15) is 220 Å². The van der Waals surface area contributed by atoms with Crippen molar-refractivity contribution in [1.82, 2.24) is 0 Å². The lowest BCUT2D eigenvalue weighted by Crippen LogP contribution is -2.43. The Balaban J connectivity index is -0.000000219. The van der Waals surface area contributed by atoms with Gasteiger partial charge in [0, 0.05) is 24.0 Å². The normalized spacial score (nSPS) is 13.0. The Kier molecular flexibility index (Phi) is 77.9. The van der Waals surface area contributed by atoms with Crippen LogP contribution in [0.5, 0.6) is 0 Å². The van der Waals surface area contributed by atoms with Crippen LogP contribution in [-0.4, -0.2) is 240 Å². The Morgan fingerprint density at radius 3 is 0.966 bits per heavy atom. The number of unbranched alkanes of at least 4 members (excludes halogenated alkanes) is 17. The van der Waals surface area contributed by atoms with Gasteiger partial charge in [0.1, 0.15) is 0 Å². The van der Waals surface area contributed by atoms with Crippen molar-refractivity contribution < 1.29 is 107 Å². The molecule has 0 saturated heterocycles. The molecule has 1 saturated carbocycles. The van der Waals surface area contributed by atoms with Gasteiger partial charge in [-0.3, -0.25) is 0 Å². The molecule has 528 valence electrons. The molecular formula is C66H138O21. The zero-order valence-electron chi connectivity index (χ0n) is 55.3. The predicted molar refractivity (Wildman–Crippen MR) is 345 cm³/mol. The molecular weight excluding hydrogens is 1130 g/mol. The maximum atomic E-state index is 9.08. The molecule has 87 heavy (non-hydrogen) atoms. The van der Waals surface area contributed by atoms with Crippen molar-refractivity contribution in [3.8, 4) is 0 Å². The largest absolute Gasteiger partial charge is 0.396 e. The fourth-order valence-electron chi connectivity index (χ4n) is 7.48. The van der Waals surface area contributed by atoms with Crippen molar-refractivity contribution in [3.63, 3.8) is 0 Å². The maximum absolute atomic E-state index is 9.08. The molecule has 1 aliphatic rings. The quantitative estimate of drug-likeness (QED) is 0.0395. The molecule has 0 spiro atoms. The van der Waals surface area contributed by atoms with Gasteiger partial charge in [-0.05, 0) is 50.5 Å². The summed E-state index contributed by atoms with van der Waals surface area (Å²) in [6.45, 7) is 6.40. The van der Waals surface area contributed by atoms with E-state index in [2.05, 4.69) is 13.8 Å². The molecule has 1 aromatic rings. The summed E-state index contributed by atoms with van der Waals surface area (Å²) in [5, 5.41) is 175. The molecule has 1 aromatic carbocycles. The summed E-state index contributed by atoms with van der Waals surface area (Å²) < 4.78 is 5.15. The molecule has 21 nitrogen and oxygen atoms in total. The summed E-state index contributed by atoms with van der Waals surface area (Å²) in [6.07, 6.45) is 32.6. The Morgan fingerprint density at radius 2 is 0.736 bits per heavy atom. The van der Waals surface area contributed by atoms with Gasteiger partial charge in [-0.25, -0.2) is 0 Å². The summed E-state index contributed by atoms with van der Waals surface area (Å²) in [4.78, 5) is 0. The van der Waals surface area contributed by atoms with Gasteiger partial charge in [0.25, 0.3) is 0 Å². The topological polar surface area (TPSA) is 414 Å². The van der Waals surface area contributed by atoms with E-state index >= 15 is 0 Å². The molecule has 0 bridgehead atoms. The zero-order chi connectivity index (χ0) is 67.4. The van der Waals surface area contributed by atoms with E-state index in [1.54, 1.807) is 13.8 Å².